The minimum absolute atomic E-state index is 0.0126. The second kappa shape index (κ2) is 8.11. The number of aromatic nitrogens is 1. The van der Waals surface area contributed by atoms with Crippen molar-refractivity contribution in [3.8, 4) is 11.5 Å². The SMILES string of the molecule is COc1cc(C(CC=O)c2ccc(C(F)(F)F)nc2)ccc1OC(F)F. The molecule has 1 aromatic heterocycles. The molecule has 1 heterocycles. The van der Waals surface area contributed by atoms with Crippen molar-refractivity contribution in [3.05, 3.63) is 53.3 Å². The summed E-state index contributed by atoms with van der Waals surface area (Å²) in [5.74, 6) is -0.794. The second-order valence-electron chi connectivity index (χ2n) is 5.22. The van der Waals surface area contributed by atoms with Gasteiger partial charge in [0, 0.05) is 18.5 Å². The largest absolute Gasteiger partial charge is 0.493 e. The molecule has 0 radical (unpaired) electrons. The first-order chi connectivity index (χ1) is 12.3. The minimum Gasteiger partial charge on any atom is -0.493 e. The Morgan fingerprint density at radius 1 is 1.12 bits per heavy atom. The summed E-state index contributed by atoms with van der Waals surface area (Å²) < 4.78 is 72.0. The molecule has 0 fully saturated rings. The van der Waals surface area contributed by atoms with Gasteiger partial charge in [-0.1, -0.05) is 12.1 Å². The van der Waals surface area contributed by atoms with Crippen molar-refractivity contribution in [2.45, 2.75) is 25.1 Å². The molecule has 1 aromatic carbocycles. The van der Waals surface area contributed by atoms with E-state index in [1.807, 2.05) is 0 Å². The number of rotatable bonds is 7. The van der Waals surface area contributed by atoms with Gasteiger partial charge in [-0.3, -0.25) is 4.98 Å². The molecule has 2 rings (SSSR count). The zero-order valence-electron chi connectivity index (χ0n) is 13.5. The lowest BCUT2D eigenvalue weighted by atomic mass is 9.89. The molecule has 0 N–H and O–H groups in total. The Morgan fingerprint density at radius 2 is 1.81 bits per heavy atom. The van der Waals surface area contributed by atoms with E-state index in [1.165, 1.54) is 31.4 Å². The van der Waals surface area contributed by atoms with Crippen molar-refractivity contribution in [1.82, 2.24) is 4.98 Å². The lowest BCUT2D eigenvalue weighted by Gasteiger charge is -2.18. The maximum atomic E-state index is 12.6. The smallest absolute Gasteiger partial charge is 0.433 e. The first-order valence-electron chi connectivity index (χ1n) is 7.35. The van der Waals surface area contributed by atoms with Gasteiger partial charge in [0.1, 0.15) is 12.0 Å². The third-order valence-corrected chi connectivity index (χ3v) is 3.62. The Kier molecular flexibility index (Phi) is 6.12. The predicted octanol–water partition coefficient (Wildman–Crippen LogP) is 4.43. The monoisotopic (exact) mass is 375 g/mol. The summed E-state index contributed by atoms with van der Waals surface area (Å²) in [7, 11) is 1.26. The number of ether oxygens (including phenoxy) is 2. The highest BCUT2D eigenvalue weighted by atomic mass is 19.4. The fraction of sp³-hybridized carbons (Fsp3) is 0.294. The van der Waals surface area contributed by atoms with Crippen LogP contribution in [0.4, 0.5) is 22.0 Å². The van der Waals surface area contributed by atoms with E-state index in [0.29, 0.717) is 17.4 Å². The first kappa shape index (κ1) is 19.6. The summed E-state index contributed by atoms with van der Waals surface area (Å²) in [5.41, 5.74) is -0.198. The highest BCUT2D eigenvalue weighted by Crippen LogP contribution is 2.36. The molecule has 0 aliphatic carbocycles. The average Bonchev–Trinajstić information content (AvgIpc) is 2.59. The molecule has 0 saturated heterocycles. The maximum Gasteiger partial charge on any atom is 0.433 e. The van der Waals surface area contributed by atoms with Crippen molar-refractivity contribution >= 4 is 6.29 Å². The molecule has 2 aromatic rings. The van der Waals surface area contributed by atoms with Gasteiger partial charge in [-0.15, -0.1) is 0 Å². The van der Waals surface area contributed by atoms with E-state index in [1.54, 1.807) is 0 Å². The number of carbonyl (C=O) groups excluding carboxylic acids is 1. The second-order valence-corrected chi connectivity index (χ2v) is 5.22. The van der Waals surface area contributed by atoms with Crippen LogP contribution < -0.4 is 9.47 Å². The third kappa shape index (κ3) is 4.68. The number of nitrogens with zero attached hydrogens (tertiary/aromatic N) is 1. The van der Waals surface area contributed by atoms with Crippen molar-refractivity contribution in [1.29, 1.82) is 0 Å². The third-order valence-electron chi connectivity index (χ3n) is 3.62. The van der Waals surface area contributed by atoms with E-state index in [0.717, 1.165) is 12.3 Å². The zero-order valence-corrected chi connectivity index (χ0v) is 13.5. The van der Waals surface area contributed by atoms with E-state index in [4.69, 9.17) is 4.74 Å². The van der Waals surface area contributed by atoms with Crippen LogP contribution in [0.3, 0.4) is 0 Å². The van der Waals surface area contributed by atoms with Crippen molar-refractivity contribution in [3.63, 3.8) is 0 Å². The fourth-order valence-electron chi connectivity index (χ4n) is 2.43. The number of aldehydes is 1. The summed E-state index contributed by atoms with van der Waals surface area (Å²) in [6.07, 6.45) is -2.97. The number of pyridine rings is 1. The van der Waals surface area contributed by atoms with Gasteiger partial charge in [0.25, 0.3) is 0 Å². The van der Waals surface area contributed by atoms with Crippen LogP contribution in [0.15, 0.2) is 36.5 Å². The topological polar surface area (TPSA) is 48.4 Å². The molecule has 0 aliphatic heterocycles. The Bertz CT molecular complexity index is 747. The summed E-state index contributed by atoms with van der Waals surface area (Å²) in [4.78, 5) is 14.4. The Morgan fingerprint density at radius 3 is 2.31 bits per heavy atom. The molecule has 0 bridgehead atoms. The van der Waals surface area contributed by atoms with Crippen LogP contribution in [0.1, 0.15) is 29.2 Å². The molecular formula is C17H14F5NO3. The summed E-state index contributed by atoms with van der Waals surface area (Å²) in [5, 5.41) is 0. The average molecular weight is 375 g/mol. The van der Waals surface area contributed by atoms with Gasteiger partial charge < -0.3 is 14.3 Å². The van der Waals surface area contributed by atoms with Crippen LogP contribution in [0.25, 0.3) is 0 Å². The van der Waals surface area contributed by atoms with Gasteiger partial charge in [0.15, 0.2) is 11.5 Å². The molecule has 140 valence electrons. The van der Waals surface area contributed by atoms with Crippen LogP contribution in [-0.2, 0) is 11.0 Å². The Labute approximate surface area is 145 Å². The first-order valence-corrected chi connectivity index (χ1v) is 7.35. The highest BCUT2D eigenvalue weighted by molar-refractivity contribution is 5.55. The number of hydrogen-bond acceptors (Lipinski definition) is 4. The molecule has 0 spiro atoms. The van der Waals surface area contributed by atoms with Gasteiger partial charge in [-0.2, -0.15) is 22.0 Å². The number of benzene rings is 1. The maximum absolute atomic E-state index is 12.6. The Balaban J connectivity index is 2.39. The lowest BCUT2D eigenvalue weighted by Crippen LogP contribution is -2.10. The Hall–Kier alpha value is -2.71. The molecule has 9 heteroatoms. The van der Waals surface area contributed by atoms with Crippen molar-refractivity contribution in [2.75, 3.05) is 7.11 Å². The van der Waals surface area contributed by atoms with Crippen LogP contribution in [0, 0.1) is 0 Å². The van der Waals surface area contributed by atoms with Crippen LogP contribution in [0.2, 0.25) is 0 Å². The van der Waals surface area contributed by atoms with Crippen molar-refractivity contribution < 1.29 is 36.2 Å². The molecule has 1 atom stereocenters. The van der Waals surface area contributed by atoms with E-state index in [9.17, 15) is 26.7 Å². The number of halogens is 5. The number of methoxy groups -OCH3 is 1. The van der Waals surface area contributed by atoms with Crippen LogP contribution >= 0.6 is 0 Å². The number of carbonyl (C=O) groups is 1. The highest BCUT2D eigenvalue weighted by Gasteiger charge is 2.32. The lowest BCUT2D eigenvalue weighted by molar-refractivity contribution is -0.141. The molecule has 0 saturated carbocycles. The van der Waals surface area contributed by atoms with Gasteiger partial charge >= 0.3 is 12.8 Å². The predicted molar refractivity (Wildman–Crippen MR) is 81.4 cm³/mol. The summed E-state index contributed by atoms with van der Waals surface area (Å²) in [6.45, 7) is -3.04. The normalized spacial score (nSPS) is 12.7. The van der Waals surface area contributed by atoms with Gasteiger partial charge in [-0.25, -0.2) is 0 Å². The molecular weight excluding hydrogens is 361 g/mol. The van der Waals surface area contributed by atoms with Gasteiger partial charge in [-0.05, 0) is 29.3 Å². The van der Waals surface area contributed by atoms with Crippen LogP contribution in [0.5, 0.6) is 11.5 Å². The zero-order chi connectivity index (χ0) is 19.3. The minimum atomic E-state index is -4.57. The van der Waals surface area contributed by atoms with Crippen molar-refractivity contribution in [2.24, 2.45) is 0 Å². The molecule has 0 aliphatic rings. The number of alkyl halides is 5. The molecule has 0 amide bonds. The standard InChI is InChI=1S/C17H14F5NO3/c1-25-14-8-10(2-4-13(14)26-16(18)19)12(6-7-24)11-3-5-15(23-9-11)17(20,21)22/h2-5,7-9,12,16H,6H2,1H3. The summed E-state index contributed by atoms with van der Waals surface area (Å²) >= 11 is 0. The van der Waals surface area contributed by atoms with E-state index >= 15 is 0 Å². The quantitative estimate of drug-likeness (QED) is 0.531. The fourth-order valence-corrected chi connectivity index (χ4v) is 2.43. The van der Waals surface area contributed by atoms with Gasteiger partial charge in [0.05, 0.1) is 7.11 Å². The molecule has 4 nitrogen and oxygen atoms in total. The van der Waals surface area contributed by atoms with Crippen LogP contribution in [-0.4, -0.2) is 25.0 Å². The molecule has 1 unspecified atom stereocenters. The molecule has 26 heavy (non-hydrogen) atoms. The van der Waals surface area contributed by atoms with Gasteiger partial charge in [0.2, 0.25) is 0 Å². The summed E-state index contributed by atoms with van der Waals surface area (Å²) in [6, 6.07) is 6.12. The van der Waals surface area contributed by atoms with E-state index < -0.39 is 24.4 Å². The number of hydrogen-bond donors (Lipinski definition) is 0. The van der Waals surface area contributed by atoms with E-state index in [2.05, 4.69) is 9.72 Å². The van der Waals surface area contributed by atoms with E-state index in [-0.39, 0.29) is 17.9 Å².